The van der Waals surface area contributed by atoms with Gasteiger partial charge in [-0.3, -0.25) is 24.1 Å². The number of hydrogen-bond donors (Lipinski definition) is 5. The number of methoxy groups -OCH3 is 2. The molecule has 22 heteroatoms. The van der Waals surface area contributed by atoms with Gasteiger partial charge < -0.3 is 49.8 Å². The average Bonchev–Trinajstić information content (AvgIpc) is 4.01. The van der Waals surface area contributed by atoms with Gasteiger partial charge in [0.2, 0.25) is 23.6 Å². The zero-order chi connectivity index (χ0) is 53.8. The van der Waals surface area contributed by atoms with Crippen LogP contribution in [0.25, 0.3) is 11.2 Å². The van der Waals surface area contributed by atoms with E-state index in [0.29, 0.717) is 36.5 Å². The zero-order valence-electron chi connectivity index (χ0n) is 44.2. The van der Waals surface area contributed by atoms with Crippen molar-refractivity contribution in [3.8, 4) is 0 Å². The van der Waals surface area contributed by atoms with Gasteiger partial charge in [0.15, 0.2) is 16.5 Å². The minimum atomic E-state index is -1.23. The number of imidazole rings is 1. The van der Waals surface area contributed by atoms with Crippen LogP contribution in [-0.4, -0.2) is 169 Å². The summed E-state index contributed by atoms with van der Waals surface area (Å²) < 4.78 is 17.1. The first-order valence-electron chi connectivity index (χ1n) is 24.5. The molecule has 3 heterocycles. The molecule has 0 bridgehead atoms. The number of nitrogens with one attached hydrogen (secondary N) is 3. The van der Waals surface area contributed by atoms with Crippen molar-refractivity contribution in [1.82, 2.24) is 45.3 Å². The van der Waals surface area contributed by atoms with Gasteiger partial charge in [-0.15, -0.1) is 0 Å². The Morgan fingerprint density at radius 3 is 2.18 bits per heavy atom. The van der Waals surface area contributed by atoms with E-state index in [9.17, 15) is 39.0 Å². The third-order valence-corrected chi connectivity index (χ3v) is 16.5. The molecule has 2 aromatic heterocycles. The van der Waals surface area contributed by atoms with E-state index in [0.717, 1.165) is 6.33 Å². The van der Waals surface area contributed by atoms with Crippen LogP contribution in [0.5, 0.6) is 0 Å². The maximum atomic E-state index is 14.7. The molecule has 5 N–H and O–H groups in total. The Kier molecular flexibility index (Phi) is 22.1. The number of benzene rings is 1. The smallest absolute Gasteiger partial charge is 0.410 e. The monoisotopic (exact) mass is 1040 g/mol. The number of aliphatic hydroxyl groups excluding tert-OH is 1. The minimum absolute atomic E-state index is 0.0545. The van der Waals surface area contributed by atoms with Crippen LogP contribution in [-0.2, 0) is 33.4 Å². The molecule has 0 saturated carbocycles. The Labute approximate surface area is 431 Å². The van der Waals surface area contributed by atoms with E-state index in [2.05, 4.69) is 30.6 Å². The van der Waals surface area contributed by atoms with Crippen molar-refractivity contribution in [2.45, 2.75) is 153 Å². The molecule has 0 spiro atoms. The Morgan fingerprint density at radius 1 is 0.931 bits per heavy atom. The predicted molar refractivity (Wildman–Crippen MR) is 276 cm³/mol. The number of aliphatic hydroxyl groups is 1. The summed E-state index contributed by atoms with van der Waals surface area (Å²) in [6.07, 6.45) is 0.00676. The van der Waals surface area contributed by atoms with Gasteiger partial charge in [0.25, 0.3) is 0 Å². The third-order valence-electron chi connectivity index (χ3n) is 13.4. The Hall–Kier alpha value is -5.03. The highest BCUT2D eigenvalue weighted by atomic mass is 33.1. The number of likely N-dealkylation sites (N-methyl/N-ethyl adjacent to an activating group) is 2. The second-order valence-electron chi connectivity index (χ2n) is 20.0. The fourth-order valence-corrected chi connectivity index (χ4v) is 11.2. The second kappa shape index (κ2) is 26.8. The predicted octanol–water partition coefficient (Wildman–Crippen LogP) is 5.96. The fourth-order valence-electron chi connectivity index (χ4n) is 9.21. The van der Waals surface area contributed by atoms with Gasteiger partial charge in [-0.05, 0) is 67.7 Å². The molecule has 72 heavy (non-hydrogen) atoms. The van der Waals surface area contributed by atoms with Gasteiger partial charge in [-0.2, -0.15) is 0 Å². The molecule has 1 fully saturated rings. The van der Waals surface area contributed by atoms with Crippen LogP contribution in [0.3, 0.4) is 0 Å². The van der Waals surface area contributed by atoms with E-state index in [1.54, 1.807) is 56.7 Å². The first-order valence-corrected chi connectivity index (χ1v) is 26.7. The highest BCUT2D eigenvalue weighted by molar-refractivity contribution is 8.77. The largest absolute Gasteiger partial charge is 0.476 e. The number of nitrogens with zero attached hydrogens (tertiary/aromatic N) is 6. The van der Waals surface area contributed by atoms with E-state index >= 15 is 0 Å². The second-order valence-corrected chi connectivity index (χ2v) is 22.8. The summed E-state index contributed by atoms with van der Waals surface area (Å²) in [7, 11) is 8.73. The number of carboxylic acids is 1. The van der Waals surface area contributed by atoms with Gasteiger partial charge in [0, 0.05) is 34.9 Å². The number of aromatic amines is 1. The van der Waals surface area contributed by atoms with Crippen LogP contribution < -0.4 is 10.6 Å². The number of H-pyrrole nitrogens is 1. The number of rotatable bonds is 26. The lowest BCUT2D eigenvalue weighted by Crippen LogP contribution is -2.60. The highest BCUT2D eigenvalue weighted by Crippen LogP contribution is 2.40. The van der Waals surface area contributed by atoms with Crippen molar-refractivity contribution in [3.63, 3.8) is 0 Å². The first kappa shape index (κ1) is 59.5. The van der Waals surface area contributed by atoms with Crippen LogP contribution in [0.2, 0.25) is 0 Å². The molecule has 1 aliphatic heterocycles. The van der Waals surface area contributed by atoms with Crippen molar-refractivity contribution in [1.29, 1.82) is 0 Å². The van der Waals surface area contributed by atoms with Gasteiger partial charge >= 0.3 is 12.1 Å². The number of hydrogen-bond acceptors (Lipinski definition) is 15. The Balaban J connectivity index is 1.42. The standard InChI is InChI=1S/C50H77N9O11S2/c1-15-29(6)40(34(68-13)24-35(60)59-23-19-22-33(59)42(69-14)30(7)44(62)53-31(8)41(61)32-20-17-16-18-21-32)57(11)46(64)36(27(2)3)54-45(63)39(28(4)5)58(12)49(67)70-25-50(9,10)72-71-48-55-37-38(47(65)66)51-26-52-43(37)56-48/h16-18,20-21,26-31,33-34,36,39-42,61H,15,19,22-25H2,1-14H3,(H,53,62)(H,54,63)(H,65,66)(H,51,52,55,56)/t29-,30+,31+,33-,34+,36-,39-,40-,41+,42+/m0/s1. The number of amides is 5. The number of carbonyl (C=O) groups is 6. The lowest BCUT2D eigenvalue weighted by atomic mass is 9.89. The third kappa shape index (κ3) is 15.0. The molecule has 1 aliphatic rings. The Bertz CT molecular complexity index is 2300. The summed E-state index contributed by atoms with van der Waals surface area (Å²) in [6.45, 7) is 18.8. The van der Waals surface area contributed by atoms with Crippen molar-refractivity contribution >= 4 is 68.4 Å². The van der Waals surface area contributed by atoms with Gasteiger partial charge in [-0.25, -0.2) is 24.5 Å². The maximum Gasteiger partial charge on any atom is 0.410 e. The number of aromatic carboxylic acids is 1. The lowest BCUT2D eigenvalue weighted by molar-refractivity contribution is -0.148. The molecule has 10 atom stereocenters. The highest BCUT2D eigenvalue weighted by Gasteiger charge is 2.44. The number of fused-ring (bicyclic) bond motifs is 1. The number of aromatic nitrogens is 4. The van der Waals surface area contributed by atoms with E-state index in [1.165, 1.54) is 47.8 Å². The number of carboxylic acid groups (broad SMARTS) is 1. The van der Waals surface area contributed by atoms with Gasteiger partial charge in [0.1, 0.15) is 30.5 Å². The van der Waals surface area contributed by atoms with E-state index in [4.69, 9.17) is 14.2 Å². The fraction of sp³-hybridized carbons (Fsp3) is 0.660. The topological polar surface area (TPSA) is 259 Å². The zero-order valence-corrected chi connectivity index (χ0v) is 45.8. The number of ether oxygens (including phenoxy) is 3. The van der Waals surface area contributed by atoms with Crippen LogP contribution in [0.15, 0.2) is 41.8 Å². The first-order chi connectivity index (χ1) is 33.9. The molecule has 0 radical (unpaired) electrons. The van der Waals surface area contributed by atoms with Gasteiger partial charge in [-0.1, -0.05) is 96.0 Å². The summed E-state index contributed by atoms with van der Waals surface area (Å²) in [5.74, 6) is -4.23. The molecular weight excluding hydrogens is 967 g/mol. The normalized spacial score (nSPS) is 17.8. The number of likely N-dealkylation sites (tertiary alicyclic amines) is 1. The molecule has 1 aromatic carbocycles. The van der Waals surface area contributed by atoms with E-state index in [-0.39, 0.29) is 65.4 Å². The van der Waals surface area contributed by atoms with Crippen LogP contribution in [0.4, 0.5) is 4.79 Å². The van der Waals surface area contributed by atoms with E-state index in [1.807, 2.05) is 59.7 Å². The summed E-state index contributed by atoms with van der Waals surface area (Å²) >= 11 is 0. The van der Waals surface area contributed by atoms with Crippen LogP contribution in [0.1, 0.15) is 117 Å². The molecule has 5 amide bonds. The SMILES string of the molecule is CC[C@H](C)[C@@H]([C@@H](CC(=O)N1CCC[C@H]1[C@H](OC)[C@@H](C)C(=O)N[C@H](C)[C@@H](O)c1ccccc1)OC)N(C)C(=O)[C@@H](NC(=O)[C@H](C(C)C)N(C)C(=O)OCC(C)(C)SSc1nc2c(C(=O)O)ncnc2[nH]1)C(C)C. The van der Waals surface area contributed by atoms with Crippen molar-refractivity contribution < 1.29 is 53.2 Å². The molecule has 1 saturated heterocycles. The quantitative estimate of drug-likeness (QED) is 0.0581. The van der Waals surface area contributed by atoms with E-state index < -0.39 is 77.2 Å². The molecule has 20 nitrogen and oxygen atoms in total. The summed E-state index contributed by atoms with van der Waals surface area (Å²) in [4.78, 5) is 102. The van der Waals surface area contributed by atoms with Crippen molar-refractivity contribution in [2.24, 2.45) is 23.7 Å². The molecule has 400 valence electrons. The van der Waals surface area contributed by atoms with Crippen LogP contribution >= 0.6 is 21.6 Å². The Morgan fingerprint density at radius 2 is 1.60 bits per heavy atom. The van der Waals surface area contributed by atoms with Crippen molar-refractivity contribution in [2.75, 3.05) is 41.5 Å². The molecule has 0 unspecified atom stereocenters. The van der Waals surface area contributed by atoms with Gasteiger partial charge in [0.05, 0.1) is 53.5 Å². The molecule has 0 aliphatic carbocycles. The molecule has 4 rings (SSSR count). The minimum Gasteiger partial charge on any atom is -0.476 e. The summed E-state index contributed by atoms with van der Waals surface area (Å²) in [5.41, 5.74) is 0.855. The molecule has 3 aromatic rings. The maximum absolute atomic E-state index is 14.7. The summed E-state index contributed by atoms with van der Waals surface area (Å²) in [6, 6.07) is 5.50. The average molecular weight is 1040 g/mol. The molecular formula is C50H77N9O11S2. The number of carbonyl (C=O) groups excluding carboxylic acids is 5. The van der Waals surface area contributed by atoms with Crippen molar-refractivity contribution in [3.05, 3.63) is 47.9 Å². The van der Waals surface area contributed by atoms with Crippen LogP contribution in [0, 0.1) is 23.7 Å². The lowest BCUT2D eigenvalue weighted by Gasteiger charge is -2.41. The summed E-state index contributed by atoms with van der Waals surface area (Å²) in [5, 5.41) is 26.7.